The summed E-state index contributed by atoms with van der Waals surface area (Å²) in [6, 6.07) is -1.64. The zero-order chi connectivity index (χ0) is 28.8. The van der Waals surface area contributed by atoms with E-state index in [1.54, 1.807) is 23.5 Å². The fourth-order valence-corrected chi connectivity index (χ4v) is 4.52. The van der Waals surface area contributed by atoms with Gasteiger partial charge in [-0.1, -0.05) is 95.2 Å². The molecule has 0 bridgehead atoms. The van der Waals surface area contributed by atoms with Crippen LogP contribution in [0.2, 0.25) is 0 Å². The van der Waals surface area contributed by atoms with Crippen LogP contribution in [0.15, 0.2) is 36.5 Å². The molecule has 0 heterocycles. The molecular formula is C27H43F3N2O5S. The van der Waals surface area contributed by atoms with E-state index in [2.05, 4.69) is 13.0 Å². The Labute approximate surface area is 228 Å². The molecule has 0 rings (SSSR count). The highest BCUT2D eigenvalue weighted by Gasteiger charge is 2.41. The monoisotopic (exact) mass is 564 g/mol. The van der Waals surface area contributed by atoms with Gasteiger partial charge in [0.25, 0.3) is 0 Å². The Morgan fingerprint density at radius 1 is 0.921 bits per heavy atom. The van der Waals surface area contributed by atoms with E-state index in [0.717, 1.165) is 37.4 Å². The van der Waals surface area contributed by atoms with Gasteiger partial charge in [-0.05, 0) is 19.3 Å². The Bertz CT molecular complexity index is 772. The predicted octanol–water partition coefficient (Wildman–Crippen LogP) is 5.31. The van der Waals surface area contributed by atoms with E-state index in [4.69, 9.17) is 5.11 Å². The number of aliphatic hydroxyl groups excluding tert-OH is 1. The lowest BCUT2D eigenvalue weighted by Gasteiger charge is -2.23. The summed E-state index contributed by atoms with van der Waals surface area (Å²) in [5, 5.41) is 22.4. The number of hydrogen-bond donors (Lipinski definition) is 4. The van der Waals surface area contributed by atoms with E-state index in [1.165, 1.54) is 32.1 Å². The number of nitrogens with one attached hydrogen (secondary N) is 2. The van der Waals surface area contributed by atoms with Gasteiger partial charge in [0.15, 0.2) is 0 Å². The molecule has 0 aliphatic carbocycles. The third kappa shape index (κ3) is 18.9. The minimum Gasteiger partial charge on any atom is -0.480 e. The number of halogens is 3. The average Bonchev–Trinajstić information content (AvgIpc) is 2.86. The van der Waals surface area contributed by atoms with Gasteiger partial charge >= 0.3 is 18.1 Å². The topological polar surface area (TPSA) is 116 Å². The molecule has 0 aromatic rings. The van der Waals surface area contributed by atoms with Crippen LogP contribution in [0.3, 0.4) is 0 Å². The first-order valence-electron chi connectivity index (χ1n) is 13.2. The number of carbonyl (C=O) groups is 3. The molecule has 38 heavy (non-hydrogen) atoms. The van der Waals surface area contributed by atoms with Crippen LogP contribution in [0.25, 0.3) is 0 Å². The number of carboxylic acids is 1. The summed E-state index contributed by atoms with van der Waals surface area (Å²) in [5.74, 6) is -5.04. The lowest BCUT2D eigenvalue weighted by molar-refractivity contribution is -0.174. The quantitative estimate of drug-likeness (QED) is 0.111. The van der Waals surface area contributed by atoms with Crippen molar-refractivity contribution >= 4 is 29.5 Å². The van der Waals surface area contributed by atoms with E-state index in [1.807, 2.05) is 24.4 Å². The lowest BCUT2D eigenvalue weighted by atomic mass is 10.1. The Hall–Kier alpha value is -2.27. The van der Waals surface area contributed by atoms with Gasteiger partial charge in [0.1, 0.15) is 12.6 Å². The third-order valence-electron chi connectivity index (χ3n) is 5.48. The van der Waals surface area contributed by atoms with Crippen molar-refractivity contribution in [2.45, 2.75) is 102 Å². The van der Waals surface area contributed by atoms with Crippen LogP contribution in [0.4, 0.5) is 13.2 Å². The van der Waals surface area contributed by atoms with Gasteiger partial charge in [0.2, 0.25) is 5.91 Å². The van der Waals surface area contributed by atoms with Crippen molar-refractivity contribution in [1.82, 2.24) is 10.6 Å². The molecule has 0 aromatic heterocycles. The fraction of sp³-hybridized carbons (Fsp3) is 0.667. The summed E-state index contributed by atoms with van der Waals surface area (Å²) in [4.78, 5) is 34.4. The number of amides is 2. The first kappa shape index (κ1) is 35.7. The number of alkyl halides is 3. The van der Waals surface area contributed by atoms with Gasteiger partial charge in [-0.3, -0.25) is 14.4 Å². The molecule has 0 saturated heterocycles. The van der Waals surface area contributed by atoms with Crippen molar-refractivity contribution in [1.29, 1.82) is 0 Å². The number of carbonyl (C=O) groups excluding carboxylic acids is 2. The zero-order valence-electron chi connectivity index (χ0n) is 22.3. The second-order valence-corrected chi connectivity index (χ2v) is 10.1. The van der Waals surface area contributed by atoms with Crippen molar-refractivity contribution in [3.05, 3.63) is 36.5 Å². The molecule has 218 valence electrons. The summed E-state index contributed by atoms with van der Waals surface area (Å²) in [6.07, 6.45) is 15.4. The number of hydrogen-bond acceptors (Lipinski definition) is 5. The summed E-state index contributed by atoms with van der Waals surface area (Å²) >= 11 is 1.01. The molecule has 7 nitrogen and oxygen atoms in total. The van der Waals surface area contributed by atoms with Crippen molar-refractivity contribution in [2.24, 2.45) is 0 Å². The molecule has 11 heteroatoms. The number of thioether (sulfide) groups is 1. The maximum atomic E-state index is 12.7. The maximum absolute atomic E-state index is 12.7. The van der Waals surface area contributed by atoms with E-state index in [9.17, 15) is 32.7 Å². The van der Waals surface area contributed by atoms with Crippen LogP contribution in [-0.4, -0.2) is 63.9 Å². The van der Waals surface area contributed by atoms with E-state index in [-0.39, 0.29) is 5.75 Å². The molecule has 0 radical (unpaired) electrons. The minimum atomic E-state index is -5.21. The van der Waals surface area contributed by atoms with Gasteiger partial charge in [-0.25, -0.2) is 0 Å². The molecule has 4 N–H and O–H groups in total. The molecule has 0 saturated carbocycles. The largest absolute Gasteiger partial charge is 0.480 e. The maximum Gasteiger partial charge on any atom is 0.471 e. The molecular weight excluding hydrogens is 521 g/mol. The standard InChI is InChI=1S/C27H43F3N2O5S/c1-3-5-7-8-9-10-11-12-13-14-15-16-18-23(22(33)17-6-4-2)38-20-21(25(36)31-19-24(34)35)32-26(37)27(28,29)30/h12-16,18,21-23,33H,3-11,17,19-20H2,1-2H3,(H,31,36)(H,32,37)(H,34,35)/t21-,22-,23+/m0/s1. The lowest BCUT2D eigenvalue weighted by Crippen LogP contribution is -2.52. The number of allylic oxidation sites excluding steroid dienone is 5. The van der Waals surface area contributed by atoms with E-state index >= 15 is 0 Å². The molecule has 3 atom stereocenters. The second-order valence-electron chi connectivity index (χ2n) is 8.90. The smallest absolute Gasteiger partial charge is 0.471 e. The van der Waals surface area contributed by atoms with Crippen LogP contribution in [0.5, 0.6) is 0 Å². The number of carboxylic acid groups (broad SMARTS) is 1. The van der Waals surface area contributed by atoms with E-state index < -0.39 is 47.9 Å². The molecule has 0 aromatic carbocycles. The van der Waals surface area contributed by atoms with Gasteiger partial charge in [-0.2, -0.15) is 13.2 Å². The molecule has 0 fully saturated rings. The first-order chi connectivity index (χ1) is 18.0. The number of aliphatic carboxylic acids is 1. The average molecular weight is 565 g/mol. The molecule has 0 aliphatic rings. The number of aliphatic hydroxyl groups is 1. The van der Waals surface area contributed by atoms with Gasteiger partial charge < -0.3 is 20.8 Å². The Kier molecular flexibility index (Phi) is 20.3. The van der Waals surface area contributed by atoms with Crippen LogP contribution in [0, 0.1) is 0 Å². The van der Waals surface area contributed by atoms with Crippen LogP contribution in [-0.2, 0) is 14.4 Å². The Morgan fingerprint density at radius 2 is 1.55 bits per heavy atom. The third-order valence-corrected chi connectivity index (χ3v) is 6.86. The normalized spacial score (nSPS) is 14.7. The SMILES string of the molecule is CCCCCCCCC=CC=CC=C[C@@H](SC[C@H](NC(=O)C(F)(F)F)C(=O)NCC(=O)O)[C@@H](O)CCCC. The highest BCUT2D eigenvalue weighted by Crippen LogP contribution is 2.22. The highest BCUT2D eigenvalue weighted by atomic mass is 32.2. The molecule has 0 spiro atoms. The van der Waals surface area contributed by atoms with Crippen LogP contribution in [0.1, 0.15) is 78.1 Å². The predicted molar refractivity (Wildman–Crippen MR) is 146 cm³/mol. The molecule has 2 amide bonds. The van der Waals surface area contributed by atoms with Crippen molar-refractivity contribution in [2.75, 3.05) is 12.3 Å². The van der Waals surface area contributed by atoms with E-state index in [0.29, 0.717) is 6.42 Å². The van der Waals surface area contributed by atoms with Gasteiger partial charge in [0, 0.05) is 11.0 Å². The van der Waals surface area contributed by atoms with Crippen molar-refractivity contribution in [3.63, 3.8) is 0 Å². The molecule has 0 unspecified atom stereocenters. The Morgan fingerprint density at radius 3 is 2.18 bits per heavy atom. The summed E-state index contributed by atoms with van der Waals surface area (Å²) in [6.45, 7) is 3.34. The van der Waals surface area contributed by atoms with Gasteiger partial charge in [0.05, 0.1) is 6.10 Å². The summed E-state index contributed by atoms with van der Waals surface area (Å²) < 4.78 is 38.2. The Balaban J connectivity index is 5.11. The first-order valence-corrected chi connectivity index (χ1v) is 14.2. The number of unbranched alkanes of at least 4 members (excludes halogenated alkanes) is 7. The second kappa shape index (κ2) is 21.6. The zero-order valence-corrected chi connectivity index (χ0v) is 23.2. The fourth-order valence-electron chi connectivity index (χ4n) is 3.31. The minimum absolute atomic E-state index is 0.298. The van der Waals surface area contributed by atoms with Gasteiger partial charge in [-0.15, -0.1) is 11.8 Å². The van der Waals surface area contributed by atoms with Crippen LogP contribution >= 0.6 is 11.8 Å². The molecule has 0 aliphatic heterocycles. The summed E-state index contributed by atoms with van der Waals surface area (Å²) in [5.41, 5.74) is 0. The van der Waals surface area contributed by atoms with Crippen molar-refractivity contribution < 1.29 is 37.8 Å². The number of rotatable bonds is 21. The highest BCUT2D eigenvalue weighted by molar-refractivity contribution is 8.00. The summed E-state index contributed by atoms with van der Waals surface area (Å²) in [7, 11) is 0. The van der Waals surface area contributed by atoms with Crippen molar-refractivity contribution in [3.8, 4) is 0 Å². The van der Waals surface area contributed by atoms with Crippen LogP contribution < -0.4 is 10.6 Å².